The maximum Gasteiger partial charge on any atom is 0.253 e. The van der Waals surface area contributed by atoms with E-state index >= 15 is 0 Å². The van der Waals surface area contributed by atoms with E-state index in [-0.39, 0.29) is 17.7 Å². The first-order chi connectivity index (χ1) is 9.38. The zero-order valence-electron chi connectivity index (χ0n) is 11.9. The number of carbonyl (C=O) groups excluding carboxylic acids is 1. The van der Waals surface area contributed by atoms with Gasteiger partial charge in [0.1, 0.15) is 11.7 Å². The molecule has 5 nitrogen and oxygen atoms in total. The highest BCUT2D eigenvalue weighted by Crippen LogP contribution is 2.12. The number of nitrogens with zero attached hydrogens (tertiary/aromatic N) is 2. The molecule has 0 saturated heterocycles. The molecule has 0 bridgehead atoms. The lowest BCUT2D eigenvalue weighted by molar-refractivity contribution is 0.0753. The zero-order valence-corrected chi connectivity index (χ0v) is 11.9. The molecular formula is C14H20FN3O2. The van der Waals surface area contributed by atoms with Gasteiger partial charge in [0.15, 0.2) is 0 Å². The van der Waals surface area contributed by atoms with Crippen LogP contribution in [0.2, 0.25) is 0 Å². The van der Waals surface area contributed by atoms with Gasteiger partial charge < -0.3 is 15.8 Å². The summed E-state index contributed by atoms with van der Waals surface area (Å²) in [4.78, 5) is 13.9. The average molecular weight is 281 g/mol. The van der Waals surface area contributed by atoms with Crippen LogP contribution < -0.4 is 5.73 Å². The van der Waals surface area contributed by atoms with Gasteiger partial charge in [0, 0.05) is 24.6 Å². The summed E-state index contributed by atoms with van der Waals surface area (Å²) in [5.41, 5.74) is 6.50. The molecule has 1 atom stereocenters. The Labute approximate surface area is 117 Å². The highest BCUT2D eigenvalue weighted by atomic mass is 19.1. The van der Waals surface area contributed by atoms with E-state index in [4.69, 9.17) is 10.9 Å². The Balaban J connectivity index is 2.92. The molecule has 0 spiro atoms. The van der Waals surface area contributed by atoms with Crippen molar-refractivity contribution in [2.75, 3.05) is 13.1 Å². The van der Waals surface area contributed by atoms with E-state index in [2.05, 4.69) is 5.16 Å². The fourth-order valence-corrected chi connectivity index (χ4v) is 1.92. The second kappa shape index (κ2) is 6.88. The van der Waals surface area contributed by atoms with E-state index in [1.165, 1.54) is 17.0 Å². The summed E-state index contributed by atoms with van der Waals surface area (Å²) in [6, 6.07) is 4.22. The maximum atomic E-state index is 13.4. The summed E-state index contributed by atoms with van der Waals surface area (Å²) in [7, 11) is 0. The monoisotopic (exact) mass is 281 g/mol. The van der Waals surface area contributed by atoms with Gasteiger partial charge in [-0.3, -0.25) is 4.79 Å². The molecule has 1 rings (SSSR count). The summed E-state index contributed by atoms with van der Waals surface area (Å²) in [6.45, 7) is 6.07. The van der Waals surface area contributed by atoms with E-state index in [1.807, 2.05) is 6.92 Å². The fourth-order valence-electron chi connectivity index (χ4n) is 1.92. The first-order valence-corrected chi connectivity index (χ1v) is 6.42. The SMILES string of the molecule is CCN(CC(C)/C(N)=N/O)C(=O)c1cc(C)cc(F)c1. The number of amidine groups is 1. The number of carbonyl (C=O) groups is 1. The Kier molecular flexibility index (Phi) is 5.49. The number of hydrogen-bond acceptors (Lipinski definition) is 3. The van der Waals surface area contributed by atoms with Gasteiger partial charge in [0.05, 0.1) is 0 Å². The van der Waals surface area contributed by atoms with E-state index in [0.717, 1.165) is 0 Å². The van der Waals surface area contributed by atoms with Gasteiger partial charge in [0.25, 0.3) is 5.91 Å². The number of aryl methyl sites for hydroxylation is 1. The summed E-state index contributed by atoms with van der Waals surface area (Å²) in [5, 5.41) is 11.6. The molecule has 0 aliphatic heterocycles. The number of oxime groups is 1. The van der Waals surface area contributed by atoms with Crippen molar-refractivity contribution in [3.05, 3.63) is 35.1 Å². The molecule has 6 heteroatoms. The standard InChI is InChI=1S/C14H20FN3O2/c1-4-18(8-10(3)13(16)17-20)14(19)11-5-9(2)6-12(15)7-11/h5-7,10,20H,4,8H2,1-3H3,(H2,16,17). The molecule has 110 valence electrons. The van der Waals surface area contributed by atoms with Crippen LogP contribution in [0.25, 0.3) is 0 Å². The van der Waals surface area contributed by atoms with E-state index in [1.54, 1.807) is 19.9 Å². The van der Waals surface area contributed by atoms with E-state index < -0.39 is 5.82 Å². The number of nitrogens with two attached hydrogens (primary N) is 1. The number of halogens is 1. The highest BCUT2D eigenvalue weighted by molar-refractivity contribution is 5.94. The summed E-state index contributed by atoms with van der Waals surface area (Å²) in [6.07, 6.45) is 0. The van der Waals surface area contributed by atoms with Crippen molar-refractivity contribution in [2.45, 2.75) is 20.8 Å². The number of rotatable bonds is 5. The van der Waals surface area contributed by atoms with Gasteiger partial charge in [-0.2, -0.15) is 0 Å². The number of amides is 1. The minimum atomic E-state index is -0.436. The fraction of sp³-hybridized carbons (Fsp3) is 0.429. The molecule has 0 aliphatic carbocycles. The minimum Gasteiger partial charge on any atom is -0.409 e. The van der Waals surface area contributed by atoms with Gasteiger partial charge in [0.2, 0.25) is 0 Å². The van der Waals surface area contributed by atoms with Crippen LogP contribution in [0, 0.1) is 18.7 Å². The summed E-state index contributed by atoms with van der Waals surface area (Å²) in [5.74, 6) is -0.924. The topological polar surface area (TPSA) is 78.9 Å². The minimum absolute atomic E-state index is 0.0617. The van der Waals surface area contributed by atoms with Gasteiger partial charge in [-0.25, -0.2) is 4.39 Å². The lowest BCUT2D eigenvalue weighted by atomic mass is 10.1. The molecule has 1 amide bonds. The lowest BCUT2D eigenvalue weighted by Crippen LogP contribution is -2.38. The van der Waals surface area contributed by atoms with E-state index in [9.17, 15) is 9.18 Å². The van der Waals surface area contributed by atoms with Gasteiger partial charge in [-0.1, -0.05) is 12.1 Å². The molecular weight excluding hydrogens is 261 g/mol. The number of benzene rings is 1. The molecule has 0 saturated carbocycles. The third-order valence-corrected chi connectivity index (χ3v) is 3.07. The first-order valence-electron chi connectivity index (χ1n) is 6.42. The second-order valence-corrected chi connectivity index (χ2v) is 4.79. The largest absolute Gasteiger partial charge is 0.409 e. The van der Waals surface area contributed by atoms with Crippen molar-refractivity contribution in [1.82, 2.24) is 4.90 Å². The molecule has 0 fully saturated rings. The molecule has 3 N–H and O–H groups in total. The lowest BCUT2D eigenvalue weighted by Gasteiger charge is -2.24. The molecule has 0 radical (unpaired) electrons. The van der Waals surface area contributed by atoms with Crippen LogP contribution in [0.4, 0.5) is 4.39 Å². The van der Waals surface area contributed by atoms with Crippen molar-refractivity contribution in [3.63, 3.8) is 0 Å². The third-order valence-electron chi connectivity index (χ3n) is 3.07. The van der Waals surface area contributed by atoms with E-state index in [0.29, 0.717) is 24.2 Å². The number of hydrogen-bond donors (Lipinski definition) is 2. The maximum absolute atomic E-state index is 13.4. The van der Waals surface area contributed by atoms with Crippen LogP contribution in [0.3, 0.4) is 0 Å². The molecule has 20 heavy (non-hydrogen) atoms. The molecule has 0 heterocycles. The average Bonchev–Trinajstić information content (AvgIpc) is 2.41. The van der Waals surface area contributed by atoms with Crippen molar-refractivity contribution in [3.8, 4) is 0 Å². The Hall–Kier alpha value is -2.11. The molecule has 1 unspecified atom stereocenters. The smallest absolute Gasteiger partial charge is 0.253 e. The molecule has 0 aromatic heterocycles. The van der Waals surface area contributed by atoms with Crippen LogP contribution in [0.15, 0.2) is 23.4 Å². The van der Waals surface area contributed by atoms with Crippen molar-refractivity contribution < 1.29 is 14.4 Å². The van der Waals surface area contributed by atoms with Crippen molar-refractivity contribution >= 4 is 11.7 Å². The van der Waals surface area contributed by atoms with Crippen LogP contribution in [-0.4, -0.2) is 34.9 Å². The second-order valence-electron chi connectivity index (χ2n) is 4.79. The van der Waals surface area contributed by atoms with Crippen LogP contribution in [0.5, 0.6) is 0 Å². The zero-order chi connectivity index (χ0) is 15.3. The Morgan fingerprint density at radius 1 is 1.50 bits per heavy atom. The van der Waals surface area contributed by atoms with Crippen LogP contribution >= 0.6 is 0 Å². The highest BCUT2D eigenvalue weighted by Gasteiger charge is 2.19. The molecule has 0 aliphatic rings. The van der Waals surface area contributed by atoms with Crippen molar-refractivity contribution in [1.29, 1.82) is 0 Å². The quantitative estimate of drug-likeness (QED) is 0.375. The van der Waals surface area contributed by atoms with Crippen molar-refractivity contribution in [2.24, 2.45) is 16.8 Å². The Morgan fingerprint density at radius 2 is 2.15 bits per heavy atom. The summed E-state index contributed by atoms with van der Waals surface area (Å²) < 4.78 is 13.4. The molecule has 1 aromatic rings. The predicted molar refractivity (Wildman–Crippen MR) is 75.3 cm³/mol. The predicted octanol–water partition coefficient (Wildman–Crippen LogP) is 1.98. The third kappa shape index (κ3) is 3.94. The van der Waals surface area contributed by atoms with Crippen LogP contribution in [0.1, 0.15) is 29.8 Å². The van der Waals surface area contributed by atoms with Gasteiger partial charge in [-0.05, 0) is 37.6 Å². The normalized spacial score (nSPS) is 13.1. The Morgan fingerprint density at radius 3 is 2.65 bits per heavy atom. The molecule has 1 aromatic carbocycles. The van der Waals surface area contributed by atoms with Crippen LogP contribution in [-0.2, 0) is 0 Å². The van der Waals surface area contributed by atoms with Gasteiger partial charge in [-0.15, -0.1) is 0 Å². The summed E-state index contributed by atoms with van der Waals surface area (Å²) >= 11 is 0. The Bertz CT molecular complexity index is 497. The van der Waals surface area contributed by atoms with Gasteiger partial charge >= 0.3 is 0 Å². The first kappa shape index (κ1) is 15.9.